The summed E-state index contributed by atoms with van der Waals surface area (Å²) < 4.78 is 0. The number of aromatic nitrogens is 1. The summed E-state index contributed by atoms with van der Waals surface area (Å²) in [6, 6.07) is 21.8. The minimum Gasteiger partial charge on any atom is -0.256 e. The van der Waals surface area contributed by atoms with Crippen LogP contribution in [-0.4, -0.2) is 4.98 Å². The molecule has 3 rings (SSSR count). The second kappa shape index (κ2) is 7.45. The lowest BCUT2D eigenvalue weighted by Crippen LogP contribution is -2.28. The summed E-state index contributed by atoms with van der Waals surface area (Å²) in [5.74, 6) is 0.555. The fourth-order valence-electron chi connectivity index (χ4n) is 3.60. The number of aryl methyl sites for hydroxylation is 1. The van der Waals surface area contributed by atoms with Crippen molar-refractivity contribution in [1.29, 1.82) is 0 Å². The highest BCUT2D eigenvalue weighted by molar-refractivity contribution is 5.75. The summed E-state index contributed by atoms with van der Waals surface area (Å²) in [5, 5.41) is 0. The van der Waals surface area contributed by atoms with E-state index in [0.717, 1.165) is 12.1 Å². The Morgan fingerprint density at radius 3 is 2.23 bits per heavy atom. The molecule has 2 aromatic carbocycles. The first kappa shape index (κ1) is 18.4. The Hall–Kier alpha value is -2.41. The molecule has 0 N–H and O–H groups in total. The van der Waals surface area contributed by atoms with Crippen LogP contribution in [0.1, 0.15) is 45.2 Å². The lowest BCUT2D eigenvalue weighted by molar-refractivity contribution is 0.327. The molecule has 0 fully saturated rings. The van der Waals surface area contributed by atoms with Crippen LogP contribution in [0.25, 0.3) is 22.4 Å². The third-order valence-electron chi connectivity index (χ3n) is 5.94. The number of benzene rings is 2. The Morgan fingerprint density at radius 2 is 1.65 bits per heavy atom. The van der Waals surface area contributed by atoms with Gasteiger partial charge in [-0.2, -0.15) is 0 Å². The zero-order valence-corrected chi connectivity index (χ0v) is 16.6. The summed E-state index contributed by atoms with van der Waals surface area (Å²) in [6.07, 6.45) is 3.07. The molecule has 0 aliphatic carbocycles. The molecular formula is C25H29N. The maximum Gasteiger partial charge on any atom is 0.0705 e. The Labute approximate surface area is 158 Å². The predicted octanol–water partition coefficient (Wildman–Crippen LogP) is 7.05. The largest absolute Gasteiger partial charge is 0.256 e. The summed E-state index contributed by atoms with van der Waals surface area (Å²) in [5.41, 5.74) is 7.51. The van der Waals surface area contributed by atoms with Gasteiger partial charge in [0.15, 0.2) is 0 Å². The second-order valence-electron chi connectivity index (χ2n) is 7.77. The van der Waals surface area contributed by atoms with Gasteiger partial charge in [0.25, 0.3) is 0 Å². The van der Waals surface area contributed by atoms with Crippen LogP contribution in [0.4, 0.5) is 0 Å². The molecule has 3 aromatic rings. The molecule has 0 saturated carbocycles. The van der Waals surface area contributed by atoms with Gasteiger partial charge in [-0.15, -0.1) is 0 Å². The van der Waals surface area contributed by atoms with Gasteiger partial charge in [0.05, 0.1) is 5.69 Å². The van der Waals surface area contributed by atoms with Gasteiger partial charge in [0.1, 0.15) is 0 Å². The van der Waals surface area contributed by atoms with E-state index < -0.39 is 0 Å². The van der Waals surface area contributed by atoms with Crippen molar-refractivity contribution in [3.8, 4) is 22.4 Å². The van der Waals surface area contributed by atoms with Crippen LogP contribution in [0.15, 0.2) is 66.9 Å². The van der Waals surface area contributed by atoms with Crippen LogP contribution in [0.3, 0.4) is 0 Å². The normalized spacial score (nSPS) is 13.6. The standard InChI is InChI=1S/C25H29N/c1-6-25(5,18(2)3)23-14-13-21(20-10-8-7-9-11-20)16-22(23)24-15-12-19(4)17-26-24/h7-18H,6H2,1-5H3. The van der Waals surface area contributed by atoms with Crippen molar-refractivity contribution in [2.24, 2.45) is 5.92 Å². The highest BCUT2D eigenvalue weighted by atomic mass is 14.7. The lowest BCUT2D eigenvalue weighted by Gasteiger charge is -2.35. The van der Waals surface area contributed by atoms with Gasteiger partial charge in [0.2, 0.25) is 0 Å². The first-order valence-electron chi connectivity index (χ1n) is 9.58. The first-order chi connectivity index (χ1) is 12.5. The first-order valence-corrected chi connectivity index (χ1v) is 9.58. The zero-order valence-electron chi connectivity index (χ0n) is 16.6. The van der Waals surface area contributed by atoms with Crippen molar-refractivity contribution >= 4 is 0 Å². The van der Waals surface area contributed by atoms with E-state index in [1.54, 1.807) is 0 Å². The predicted molar refractivity (Wildman–Crippen MR) is 112 cm³/mol. The molecule has 1 aromatic heterocycles. The van der Waals surface area contributed by atoms with Crippen molar-refractivity contribution in [3.63, 3.8) is 0 Å². The van der Waals surface area contributed by atoms with Gasteiger partial charge in [-0.25, -0.2) is 0 Å². The fourth-order valence-corrected chi connectivity index (χ4v) is 3.60. The molecule has 0 aliphatic heterocycles. The summed E-state index contributed by atoms with van der Waals surface area (Å²) >= 11 is 0. The second-order valence-corrected chi connectivity index (χ2v) is 7.77. The van der Waals surface area contributed by atoms with E-state index in [9.17, 15) is 0 Å². The molecule has 0 saturated heterocycles. The number of hydrogen-bond acceptors (Lipinski definition) is 1. The average molecular weight is 344 g/mol. The van der Waals surface area contributed by atoms with E-state index in [-0.39, 0.29) is 5.41 Å². The number of pyridine rings is 1. The monoisotopic (exact) mass is 343 g/mol. The minimum absolute atomic E-state index is 0.122. The van der Waals surface area contributed by atoms with Crippen LogP contribution < -0.4 is 0 Å². The molecule has 1 unspecified atom stereocenters. The molecule has 0 spiro atoms. The molecule has 0 aliphatic rings. The van der Waals surface area contributed by atoms with Gasteiger partial charge >= 0.3 is 0 Å². The third kappa shape index (κ3) is 3.44. The lowest BCUT2D eigenvalue weighted by atomic mass is 9.69. The van der Waals surface area contributed by atoms with Crippen LogP contribution in [0.5, 0.6) is 0 Å². The van der Waals surface area contributed by atoms with Gasteiger partial charge in [0, 0.05) is 11.8 Å². The minimum atomic E-state index is 0.122. The molecule has 134 valence electrons. The van der Waals surface area contributed by atoms with Crippen molar-refractivity contribution in [3.05, 3.63) is 78.0 Å². The molecule has 0 radical (unpaired) electrons. The fraction of sp³-hybridized carbons (Fsp3) is 0.320. The van der Waals surface area contributed by atoms with Crippen LogP contribution >= 0.6 is 0 Å². The molecule has 1 heteroatoms. The summed E-state index contributed by atoms with van der Waals surface area (Å²) in [4.78, 5) is 4.75. The van der Waals surface area contributed by atoms with E-state index in [2.05, 4.69) is 95.3 Å². The Morgan fingerprint density at radius 1 is 0.923 bits per heavy atom. The number of nitrogens with zero attached hydrogens (tertiary/aromatic N) is 1. The van der Waals surface area contributed by atoms with E-state index in [0.29, 0.717) is 5.92 Å². The highest BCUT2D eigenvalue weighted by Crippen LogP contribution is 2.41. The highest BCUT2D eigenvalue weighted by Gasteiger charge is 2.31. The van der Waals surface area contributed by atoms with E-state index in [1.165, 1.54) is 27.8 Å². The summed E-state index contributed by atoms with van der Waals surface area (Å²) in [7, 11) is 0. The molecule has 26 heavy (non-hydrogen) atoms. The van der Waals surface area contributed by atoms with Crippen LogP contribution in [-0.2, 0) is 5.41 Å². The van der Waals surface area contributed by atoms with Gasteiger partial charge in [-0.1, -0.05) is 76.2 Å². The number of hydrogen-bond donors (Lipinski definition) is 0. The Bertz CT molecular complexity index is 862. The molecule has 1 heterocycles. The third-order valence-corrected chi connectivity index (χ3v) is 5.94. The maximum absolute atomic E-state index is 4.75. The van der Waals surface area contributed by atoms with Crippen molar-refractivity contribution in [2.75, 3.05) is 0 Å². The zero-order chi connectivity index (χ0) is 18.7. The van der Waals surface area contributed by atoms with Crippen LogP contribution in [0, 0.1) is 12.8 Å². The SMILES string of the molecule is CCC(C)(c1ccc(-c2ccccc2)cc1-c1ccc(C)cn1)C(C)C. The topological polar surface area (TPSA) is 12.9 Å². The molecule has 0 bridgehead atoms. The quantitative estimate of drug-likeness (QED) is 0.484. The van der Waals surface area contributed by atoms with Crippen LogP contribution in [0.2, 0.25) is 0 Å². The molecule has 1 nitrogen and oxygen atoms in total. The van der Waals surface area contributed by atoms with Gasteiger partial charge in [-0.3, -0.25) is 4.98 Å². The molecule has 0 amide bonds. The Balaban J connectivity index is 2.23. The van der Waals surface area contributed by atoms with Gasteiger partial charge < -0.3 is 0 Å². The molecule has 1 atom stereocenters. The van der Waals surface area contributed by atoms with Crippen molar-refractivity contribution in [1.82, 2.24) is 4.98 Å². The smallest absolute Gasteiger partial charge is 0.0705 e. The maximum atomic E-state index is 4.75. The van der Waals surface area contributed by atoms with Crippen molar-refractivity contribution in [2.45, 2.75) is 46.5 Å². The molecular weight excluding hydrogens is 314 g/mol. The number of rotatable bonds is 5. The summed E-state index contributed by atoms with van der Waals surface area (Å²) in [6.45, 7) is 11.4. The average Bonchev–Trinajstić information content (AvgIpc) is 2.68. The van der Waals surface area contributed by atoms with Crippen molar-refractivity contribution < 1.29 is 0 Å². The van der Waals surface area contributed by atoms with Gasteiger partial charge in [-0.05, 0) is 59.1 Å². The van der Waals surface area contributed by atoms with E-state index in [4.69, 9.17) is 4.98 Å². The van der Waals surface area contributed by atoms with E-state index >= 15 is 0 Å². The van der Waals surface area contributed by atoms with E-state index in [1.807, 2.05) is 6.20 Å². The Kier molecular flexibility index (Phi) is 5.27.